The molecule has 0 aliphatic carbocycles. The number of hydrogen-bond acceptors (Lipinski definition) is 4. The lowest BCUT2D eigenvalue weighted by Crippen LogP contribution is -2.34. The van der Waals surface area contributed by atoms with Gasteiger partial charge in [-0.3, -0.25) is 4.99 Å². The number of anilines is 1. The fourth-order valence-corrected chi connectivity index (χ4v) is 1.08. The SMILES string of the molecule is CC1(C)C=Nc2cncnc2N1. The topological polar surface area (TPSA) is 50.2 Å². The van der Waals surface area contributed by atoms with Crippen molar-refractivity contribution < 1.29 is 0 Å². The number of aliphatic imine (C=N–C) groups is 1. The number of nitrogens with zero attached hydrogens (tertiary/aromatic N) is 3. The standard InChI is InChI=1S/C8H10N4/c1-8(2)4-10-6-3-9-5-11-7(6)12-8/h3-5H,1-2H3,(H,9,11,12). The van der Waals surface area contributed by atoms with Crippen LogP contribution < -0.4 is 5.32 Å². The summed E-state index contributed by atoms with van der Waals surface area (Å²) in [6, 6.07) is 0. The van der Waals surface area contributed by atoms with E-state index < -0.39 is 0 Å². The highest BCUT2D eigenvalue weighted by Crippen LogP contribution is 2.27. The first kappa shape index (κ1) is 7.21. The zero-order valence-electron chi connectivity index (χ0n) is 7.07. The van der Waals surface area contributed by atoms with Crippen LogP contribution in [-0.4, -0.2) is 21.7 Å². The maximum Gasteiger partial charge on any atom is 0.156 e. The number of fused-ring (bicyclic) bond motifs is 1. The molecule has 0 atom stereocenters. The molecule has 4 nitrogen and oxygen atoms in total. The third-order valence-electron chi connectivity index (χ3n) is 1.66. The van der Waals surface area contributed by atoms with Crippen LogP contribution in [0.15, 0.2) is 17.5 Å². The smallest absolute Gasteiger partial charge is 0.156 e. The number of nitrogens with one attached hydrogen (secondary N) is 1. The average molecular weight is 162 g/mol. The molecule has 1 aliphatic rings. The Kier molecular flexibility index (Phi) is 1.36. The molecule has 0 unspecified atom stereocenters. The van der Waals surface area contributed by atoms with Gasteiger partial charge in [-0.2, -0.15) is 0 Å². The van der Waals surface area contributed by atoms with Crippen LogP contribution in [0, 0.1) is 0 Å². The van der Waals surface area contributed by atoms with E-state index in [1.165, 1.54) is 6.33 Å². The van der Waals surface area contributed by atoms with Gasteiger partial charge in [-0.25, -0.2) is 9.97 Å². The molecule has 2 heterocycles. The van der Waals surface area contributed by atoms with Crippen LogP contribution in [0.5, 0.6) is 0 Å². The van der Waals surface area contributed by atoms with Gasteiger partial charge in [-0.1, -0.05) is 0 Å². The van der Waals surface area contributed by atoms with E-state index in [2.05, 4.69) is 20.3 Å². The molecule has 0 spiro atoms. The van der Waals surface area contributed by atoms with Crippen molar-refractivity contribution in [3.05, 3.63) is 12.5 Å². The highest BCUT2D eigenvalue weighted by Gasteiger charge is 2.20. The molecule has 0 amide bonds. The van der Waals surface area contributed by atoms with Gasteiger partial charge in [0.15, 0.2) is 5.82 Å². The van der Waals surface area contributed by atoms with Crippen LogP contribution in [0.4, 0.5) is 11.5 Å². The van der Waals surface area contributed by atoms with Crippen molar-refractivity contribution in [2.45, 2.75) is 19.4 Å². The molecule has 1 aromatic rings. The van der Waals surface area contributed by atoms with Crippen molar-refractivity contribution in [3.8, 4) is 0 Å². The zero-order chi connectivity index (χ0) is 8.60. The number of hydrogen-bond donors (Lipinski definition) is 1. The summed E-state index contributed by atoms with van der Waals surface area (Å²) >= 11 is 0. The fraction of sp³-hybridized carbons (Fsp3) is 0.375. The van der Waals surface area contributed by atoms with Crippen molar-refractivity contribution in [2.75, 3.05) is 5.32 Å². The van der Waals surface area contributed by atoms with Gasteiger partial charge in [-0.15, -0.1) is 0 Å². The lowest BCUT2D eigenvalue weighted by molar-refractivity contribution is 0.760. The Labute approximate surface area is 70.8 Å². The first-order chi connectivity index (χ1) is 5.67. The van der Waals surface area contributed by atoms with E-state index in [-0.39, 0.29) is 5.54 Å². The van der Waals surface area contributed by atoms with Gasteiger partial charge < -0.3 is 5.32 Å². The van der Waals surface area contributed by atoms with Crippen LogP contribution in [-0.2, 0) is 0 Å². The minimum absolute atomic E-state index is 0.110. The van der Waals surface area contributed by atoms with Gasteiger partial charge in [0.05, 0.1) is 11.7 Å². The Bertz CT molecular complexity index is 330. The average Bonchev–Trinajstić information content (AvgIpc) is 2.02. The molecule has 1 N–H and O–H groups in total. The van der Waals surface area contributed by atoms with E-state index in [4.69, 9.17) is 0 Å². The van der Waals surface area contributed by atoms with Crippen LogP contribution >= 0.6 is 0 Å². The molecule has 1 aromatic heterocycles. The maximum atomic E-state index is 4.23. The van der Waals surface area contributed by atoms with Crippen molar-refractivity contribution in [3.63, 3.8) is 0 Å². The monoisotopic (exact) mass is 162 g/mol. The summed E-state index contributed by atoms with van der Waals surface area (Å²) in [6.45, 7) is 4.09. The van der Waals surface area contributed by atoms with E-state index in [9.17, 15) is 0 Å². The summed E-state index contributed by atoms with van der Waals surface area (Å²) in [6.07, 6.45) is 5.07. The van der Waals surface area contributed by atoms with Gasteiger partial charge in [-0.05, 0) is 13.8 Å². The second-order valence-electron chi connectivity index (χ2n) is 3.36. The first-order valence-electron chi connectivity index (χ1n) is 3.81. The molecule has 0 saturated carbocycles. The predicted octanol–water partition coefficient (Wildman–Crippen LogP) is 1.38. The molecular formula is C8H10N4. The molecule has 62 valence electrons. The molecule has 0 radical (unpaired) electrons. The second-order valence-corrected chi connectivity index (χ2v) is 3.36. The highest BCUT2D eigenvalue weighted by atomic mass is 15.1. The Balaban J connectivity index is 2.46. The molecule has 1 aliphatic heterocycles. The van der Waals surface area contributed by atoms with Crippen molar-refractivity contribution >= 4 is 17.7 Å². The molecule has 0 fully saturated rings. The Morgan fingerprint density at radius 3 is 3.08 bits per heavy atom. The van der Waals surface area contributed by atoms with Crippen LogP contribution in [0.3, 0.4) is 0 Å². The number of rotatable bonds is 0. The van der Waals surface area contributed by atoms with Crippen LogP contribution in [0.2, 0.25) is 0 Å². The molecule has 0 saturated heterocycles. The molecule has 0 aromatic carbocycles. The second kappa shape index (κ2) is 2.27. The molecular weight excluding hydrogens is 152 g/mol. The highest BCUT2D eigenvalue weighted by molar-refractivity contribution is 5.83. The van der Waals surface area contributed by atoms with E-state index in [0.29, 0.717) is 0 Å². The summed E-state index contributed by atoms with van der Waals surface area (Å²) in [4.78, 5) is 12.2. The summed E-state index contributed by atoms with van der Waals surface area (Å²) in [5.41, 5.74) is 0.693. The van der Waals surface area contributed by atoms with Crippen molar-refractivity contribution in [1.82, 2.24) is 9.97 Å². The minimum Gasteiger partial charge on any atom is -0.358 e. The minimum atomic E-state index is -0.110. The van der Waals surface area contributed by atoms with Crippen molar-refractivity contribution in [2.24, 2.45) is 4.99 Å². The van der Waals surface area contributed by atoms with Crippen molar-refractivity contribution in [1.29, 1.82) is 0 Å². The van der Waals surface area contributed by atoms with E-state index in [0.717, 1.165) is 11.5 Å². The summed E-state index contributed by atoms with van der Waals surface area (Å²) in [7, 11) is 0. The Morgan fingerprint density at radius 2 is 2.25 bits per heavy atom. The van der Waals surface area contributed by atoms with Gasteiger partial charge in [0.2, 0.25) is 0 Å². The maximum absolute atomic E-state index is 4.23. The zero-order valence-corrected chi connectivity index (χ0v) is 7.07. The van der Waals surface area contributed by atoms with Gasteiger partial charge >= 0.3 is 0 Å². The molecule has 0 bridgehead atoms. The van der Waals surface area contributed by atoms with E-state index >= 15 is 0 Å². The van der Waals surface area contributed by atoms with Gasteiger partial charge in [0.1, 0.15) is 12.0 Å². The summed E-state index contributed by atoms with van der Waals surface area (Å²) in [5.74, 6) is 0.803. The van der Waals surface area contributed by atoms with Gasteiger partial charge in [0, 0.05) is 6.21 Å². The normalized spacial score (nSPS) is 18.2. The summed E-state index contributed by atoms with van der Waals surface area (Å²) < 4.78 is 0. The van der Waals surface area contributed by atoms with Crippen LogP contribution in [0.1, 0.15) is 13.8 Å². The third-order valence-corrected chi connectivity index (χ3v) is 1.66. The molecule has 2 rings (SSSR count). The largest absolute Gasteiger partial charge is 0.358 e. The summed E-state index contributed by atoms with van der Waals surface area (Å²) in [5, 5.41) is 3.24. The predicted molar refractivity (Wildman–Crippen MR) is 47.9 cm³/mol. The first-order valence-corrected chi connectivity index (χ1v) is 3.81. The van der Waals surface area contributed by atoms with Crippen LogP contribution in [0.25, 0.3) is 0 Å². The fourth-order valence-electron chi connectivity index (χ4n) is 1.08. The third kappa shape index (κ3) is 1.15. The lowest BCUT2D eigenvalue weighted by atomic mass is 10.1. The van der Waals surface area contributed by atoms with Gasteiger partial charge in [0.25, 0.3) is 0 Å². The Morgan fingerprint density at radius 1 is 1.42 bits per heavy atom. The van der Waals surface area contributed by atoms with E-state index in [1.807, 2.05) is 20.1 Å². The number of aromatic nitrogens is 2. The lowest BCUT2D eigenvalue weighted by Gasteiger charge is -2.26. The van der Waals surface area contributed by atoms with E-state index in [1.54, 1.807) is 6.20 Å². The molecule has 4 heteroatoms. The molecule has 12 heavy (non-hydrogen) atoms. The Hall–Kier alpha value is -1.45. The quantitative estimate of drug-likeness (QED) is 0.627.